The van der Waals surface area contributed by atoms with Gasteiger partial charge in [0.1, 0.15) is 0 Å². The van der Waals surface area contributed by atoms with E-state index >= 15 is 0 Å². The molecule has 0 spiro atoms. The van der Waals surface area contributed by atoms with Crippen molar-refractivity contribution < 1.29 is 13.5 Å². The van der Waals surface area contributed by atoms with Crippen LogP contribution in [0.1, 0.15) is 19.4 Å². The molecule has 1 aromatic carbocycles. The van der Waals surface area contributed by atoms with Crippen LogP contribution in [0, 0.1) is 11.3 Å². The van der Waals surface area contributed by atoms with Crippen LogP contribution in [0.2, 0.25) is 0 Å². The van der Waals surface area contributed by atoms with Gasteiger partial charge in [0.2, 0.25) is 10.0 Å². The number of hydrogen-bond acceptors (Lipinski definition) is 4. The average Bonchev–Trinajstić information content (AvgIpc) is 2.35. The monoisotopic (exact) mass is 268 g/mol. The Morgan fingerprint density at radius 3 is 2.61 bits per heavy atom. The molecule has 0 unspecified atom stereocenters. The molecule has 1 N–H and O–H groups in total. The summed E-state index contributed by atoms with van der Waals surface area (Å²) in [4.78, 5) is 0.0729. The zero-order valence-corrected chi connectivity index (χ0v) is 11.2. The van der Waals surface area contributed by atoms with Crippen molar-refractivity contribution in [2.75, 3.05) is 13.2 Å². The minimum Gasteiger partial charge on any atom is -0.395 e. The summed E-state index contributed by atoms with van der Waals surface area (Å²) in [5.41, 5.74) is 0.295. The standard InChI is InChI=1S/C12H16N2O3S/c1-10(2)14(6-7-15)18(16,17)12-5-3-4-11(8-12)9-13/h3-5,8,10,15H,6-7H2,1-2H3. The van der Waals surface area contributed by atoms with E-state index < -0.39 is 10.0 Å². The Morgan fingerprint density at radius 2 is 2.11 bits per heavy atom. The van der Waals surface area contributed by atoms with Crippen molar-refractivity contribution in [3.8, 4) is 6.07 Å². The molecule has 5 nitrogen and oxygen atoms in total. The van der Waals surface area contributed by atoms with Gasteiger partial charge in [-0.25, -0.2) is 8.42 Å². The molecule has 0 saturated heterocycles. The van der Waals surface area contributed by atoms with Crippen molar-refractivity contribution in [3.63, 3.8) is 0 Å². The molecule has 0 bridgehead atoms. The SMILES string of the molecule is CC(C)N(CCO)S(=O)(=O)c1cccc(C#N)c1. The van der Waals surface area contributed by atoms with E-state index in [-0.39, 0.29) is 24.1 Å². The molecule has 18 heavy (non-hydrogen) atoms. The topological polar surface area (TPSA) is 81.4 Å². The highest BCUT2D eigenvalue weighted by Crippen LogP contribution is 2.18. The molecule has 0 amide bonds. The Labute approximate surface area is 107 Å². The second kappa shape index (κ2) is 5.96. The predicted octanol–water partition coefficient (Wildman–Crippen LogP) is 0.950. The predicted molar refractivity (Wildman–Crippen MR) is 67.3 cm³/mol. The van der Waals surface area contributed by atoms with Gasteiger partial charge in [-0.15, -0.1) is 0 Å². The Hall–Kier alpha value is -1.42. The van der Waals surface area contributed by atoms with Gasteiger partial charge in [0.05, 0.1) is 23.1 Å². The maximum atomic E-state index is 12.3. The Kier molecular flexibility index (Phi) is 4.84. The van der Waals surface area contributed by atoms with E-state index in [1.54, 1.807) is 19.9 Å². The highest BCUT2D eigenvalue weighted by molar-refractivity contribution is 7.89. The van der Waals surface area contributed by atoms with Gasteiger partial charge in [0, 0.05) is 12.6 Å². The fourth-order valence-corrected chi connectivity index (χ4v) is 3.29. The Bertz CT molecular complexity index is 547. The molecule has 98 valence electrons. The lowest BCUT2D eigenvalue weighted by Gasteiger charge is -2.25. The highest BCUT2D eigenvalue weighted by atomic mass is 32.2. The molecular weight excluding hydrogens is 252 g/mol. The van der Waals surface area contributed by atoms with Crippen molar-refractivity contribution in [1.29, 1.82) is 5.26 Å². The van der Waals surface area contributed by atoms with Gasteiger partial charge in [0.15, 0.2) is 0 Å². The van der Waals surface area contributed by atoms with Crippen LogP contribution in [-0.2, 0) is 10.0 Å². The van der Waals surface area contributed by atoms with Crippen molar-refractivity contribution in [2.24, 2.45) is 0 Å². The zero-order chi connectivity index (χ0) is 13.8. The summed E-state index contributed by atoms with van der Waals surface area (Å²) in [5.74, 6) is 0. The van der Waals surface area contributed by atoms with Gasteiger partial charge >= 0.3 is 0 Å². The first-order chi connectivity index (χ1) is 8.43. The van der Waals surface area contributed by atoms with Crippen LogP contribution in [0.4, 0.5) is 0 Å². The quantitative estimate of drug-likeness (QED) is 0.862. The smallest absolute Gasteiger partial charge is 0.243 e. The van der Waals surface area contributed by atoms with Crippen LogP contribution >= 0.6 is 0 Å². The maximum absolute atomic E-state index is 12.3. The van der Waals surface area contributed by atoms with Gasteiger partial charge in [0.25, 0.3) is 0 Å². The summed E-state index contributed by atoms with van der Waals surface area (Å²) in [6, 6.07) is 7.51. The minimum atomic E-state index is -3.67. The van der Waals surface area contributed by atoms with E-state index in [0.29, 0.717) is 5.56 Å². The number of aliphatic hydroxyl groups is 1. The van der Waals surface area contributed by atoms with Crippen LogP contribution in [0.25, 0.3) is 0 Å². The normalized spacial score (nSPS) is 11.8. The van der Waals surface area contributed by atoms with E-state index in [4.69, 9.17) is 10.4 Å². The van der Waals surface area contributed by atoms with E-state index in [0.717, 1.165) is 0 Å². The molecule has 0 aliphatic carbocycles. The number of benzene rings is 1. The second-order valence-corrected chi connectivity index (χ2v) is 5.96. The van der Waals surface area contributed by atoms with Crippen molar-refractivity contribution in [3.05, 3.63) is 29.8 Å². The van der Waals surface area contributed by atoms with E-state index in [9.17, 15) is 8.42 Å². The van der Waals surface area contributed by atoms with Gasteiger partial charge < -0.3 is 5.11 Å². The summed E-state index contributed by atoms with van der Waals surface area (Å²) in [6.45, 7) is 3.27. The molecule has 0 aromatic heterocycles. The molecule has 6 heteroatoms. The first-order valence-electron chi connectivity index (χ1n) is 5.56. The number of sulfonamides is 1. The molecule has 1 rings (SSSR count). The maximum Gasteiger partial charge on any atom is 0.243 e. The number of hydrogen-bond donors (Lipinski definition) is 1. The van der Waals surface area contributed by atoms with Crippen molar-refractivity contribution in [2.45, 2.75) is 24.8 Å². The molecule has 0 saturated carbocycles. The first kappa shape index (κ1) is 14.6. The fourth-order valence-electron chi connectivity index (χ4n) is 1.62. The summed E-state index contributed by atoms with van der Waals surface area (Å²) in [7, 11) is -3.67. The van der Waals surface area contributed by atoms with Crippen LogP contribution in [0.5, 0.6) is 0 Å². The minimum absolute atomic E-state index is 0.0385. The third-order valence-corrected chi connectivity index (χ3v) is 4.54. The zero-order valence-electron chi connectivity index (χ0n) is 10.4. The second-order valence-electron chi connectivity index (χ2n) is 4.07. The summed E-state index contributed by atoms with van der Waals surface area (Å²) in [6.07, 6.45) is 0. The molecular formula is C12H16N2O3S. The van der Waals surface area contributed by atoms with Crippen LogP contribution in [-0.4, -0.2) is 37.0 Å². The summed E-state index contributed by atoms with van der Waals surface area (Å²) in [5, 5.41) is 17.7. The molecule has 1 aromatic rings. The molecule has 0 fully saturated rings. The molecule has 0 heterocycles. The third kappa shape index (κ3) is 3.07. The molecule has 0 aliphatic heterocycles. The van der Waals surface area contributed by atoms with Gasteiger partial charge in [-0.2, -0.15) is 9.57 Å². The first-order valence-corrected chi connectivity index (χ1v) is 7.00. The Morgan fingerprint density at radius 1 is 1.44 bits per heavy atom. The fraction of sp³-hybridized carbons (Fsp3) is 0.417. The molecule has 0 radical (unpaired) electrons. The molecule has 0 atom stereocenters. The van der Waals surface area contributed by atoms with Crippen LogP contribution < -0.4 is 0 Å². The third-order valence-electron chi connectivity index (χ3n) is 2.47. The lowest BCUT2D eigenvalue weighted by molar-refractivity contribution is 0.236. The largest absolute Gasteiger partial charge is 0.395 e. The van der Waals surface area contributed by atoms with Crippen molar-refractivity contribution >= 4 is 10.0 Å². The van der Waals surface area contributed by atoms with E-state index in [2.05, 4.69) is 0 Å². The van der Waals surface area contributed by atoms with Crippen LogP contribution in [0.15, 0.2) is 29.2 Å². The highest BCUT2D eigenvalue weighted by Gasteiger charge is 2.26. The van der Waals surface area contributed by atoms with E-state index in [1.165, 1.54) is 22.5 Å². The van der Waals surface area contributed by atoms with Crippen LogP contribution in [0.3, 0.4) is 0 Å². The number of nitriles is 1. The summed E-state index contributed by atoms with van der Waals surface area (Å²) >= 11 is 0. The molecule has 0 aliphatic rings. The lowest BCUT2D eigenvalue weighted by atomic mass is 10.2. The van der Waals surface area contributed by atoms with Gasteiger partial charge in [-0.05, 0) is 32.0 Å². The number of aliphatic hydroxyl groups excluding tert-OH is 1. The Balaban J connectivity index is 3.22. The summed E-state index contributed by atoms with van der Waals surface area (Å²) < 4.78 is 25.9. The lowest BCUT2D eigenvalue weighted by Crippen LogP contribution is -2.38. The van der Waals surface area contributed by atoms with E-state index in [1.807, 2.05) is 6.07 Å². The van der Waals surface area contributed by atoms with Gasteiger partial charge in [-0.3, -0.25) is 0 Å². The van der Waals surface area contributed by atoms with Crippen molar-refractivity contribution in [1.82, 2.24) is 4.31 Å². The van der Waals surface area contributed by atoms with Gasteiger partial charge in [-0.1, -0.05) is 6.07 Å². The number of nitrogens with zero attached hydrogens (tertiary/aromatic N) is 2. The number of rotatable bonds is 5. The average molecular weight is 268 g/mol.